The molecule has 21 heavy (non-hydrogen) atoms. The van der Waals surface area contributed by atoms with E-state index in [1.54, 1.807) is 0 Å². The molecule has 0 bridgehead atoms. The molecule has 2 atom stereocenters. The van der Waals surface area contributed by atoms with Crippen LogP contribution in [0.15, 0.2) is 24.3 Å². The normalized spacial score (nSPS) is 26.0. The molecule has 4 heteroatoms. The topological polar surface area (TPSA) is 41.1 Å². The molecule has 2 aliphatic rings. The third kappa shape index (κ3) is 3.24. The molecule has 3 nitrogen and oxygen atoms in total. The van der Waals surface area contributed by atoms with Gasteiger partial charge in [-0.1, -0.05) is 38.1 Å². The first kappa shape index (κ1) is 16.3. The molecule has 1 saturated heterocycles. The lowest BCUT2D eigenvalue weighted by Crippen LogP contribution is -2.53. The van der Waals surface area contributed by atoms with E-state index in [-0.39, 0.29) is 29.6 Å². The molecule has 1 aliphatic carbocycles. The van der Waals surface area contributed by atoms with Crippen molar-refractivity contribution < 1.29 is 4.79 Å². The number of fused-ring (bicyclic) bond motifs is 1. The van der Waals surface area contributed by atoms with E-state index in [4.69, 9.17) is 0 Å². The van der Waals surface area contributed by atoms with Crippen LogP contribution in [-0.2, 0) is 11.2 Å². The first-order valence-corrected chi connectivity index (χ1v) is 7.67. The van der Waals surface area contributed by atoms with Gasteiger partial charge in [-0.05, 0) is 42.3 Å². The molecule has 0 radical (unpaired) electrons. The smallest absolute Gasteiger partial charge is 0.227 e. The fraction of sp³-hybridized carbons (Fsp3) is 0.588. The first-order chi connectivity index (χ1) is 9.58. The number of carbonyl (C=O) groups is 1. The molecule has 2 unspecified atom stereocenters. The van der Waals surface area contributed by atoms with Crippen LogP contribution >= 0.6 is 12.4 Å². The van der Waals surface area contributed by atoms with Crippen LogP contribution in [0.3, 0.4) is 0 Å². The van der Waals surface area contributed by atoms with Gasteiger partial charge in [0.1, 0.15) is 0 Å². The Morgan fingerprint density at radius 3 is 2.86 bits per heavy atom. The van der Waals surface area contributed by atoms with E-state index >= 15 is 0 Å². The van der Waals surface area contributed by atoms with E-state index in [9.17, 15) is 4.79 Å². The van der Waals surface area contributed by atoms with E-state index in [1.807, 2.05) is 12.1 Å². The number of piperidine rings is 1. The Hall–Kier alpha value is -1.06. The standard InChI is InChI=1S/C17H24N2O.ClH/c1-17(2)8-5-9-18-15(17)11-19-16(20)14-10-12-6-3-4-7-13(12)14;/h3-4,6-7,14-15,18H,5,8-11H2,1-2H3,(H,19,20);1H. The number of rotatable bonds is 3. The molecule has 0 spiro atoms. The van der Waals surface area contributed by atoms with Gasteiger partial charge in [0.15, 0.2) is 0 Å². The molecule has 1 aromatic rings. The fourth-order valence-electron chi connectivity index (χ4n) is 3.44. The molecule has 0 aromatic heterocycles. The van der Waals surface area contributed by atoms with Gasteiger partial charge < -0.3 is 10.6 Å². The van der Waals surface area contributed by atoms with Crippen molar-refractivity contribution in [2.45, 2.75) is 45.1 Å². The molecule has 1 heterocycles. The Labute approximate surface area is 133 Å². The van der Waals surface area contributed by atoms with Crippen molar-refractivity contribution in [1.29, 1.82) is 0 Å². The summed E-state index contributed by atoms with van der Waals surface area (Å²) in [5, 5.41) is 6.69. The highest BCUT2D eigenvalue weighted by molar-refractivity contribution is 5.86. The van der Waals surface area contributed by atoms with E-state index in [0.29, 0.717) is 6.04 Å². The number of hydrogen-bond donors (Lipinski definition) is 2. The number of amides is 1. The summed E-state index contributed by atoms with van der Waals surface area (Å²) in [6, 6.07) is 8.64. The van der Waals surface area contributed by atoms with Gasteiger partial charge in [-0.2, -0.15) is 0 Å². The lowest BCUT2D eigenvalue weighted by atomic mass is 9.76. The summed E-state index contributed by atoms with van der Waals surface area (Å²) in [6.07, 6.45) is 3.35. The van der Waals surface area contributed by atoms with Crippen molar-refractivity contribution in [3.63, 3.8) is 0 Å². The van der Waals surface area contributed by atoms with E-state index in [2.05, 4.69) is 36.6 Å². The maximum atomic E-state index is 12.3. The zero-order chi connectivity index (χ0) is 14.2. The number of carbonyl (C=O) groups excluding carboxylic acids is 1. The van der Waals surface area contributed by atoms with Crippen molar-refractivity contribution >= 4 is 18.3 Å². The molecular formula is C17H25ClN2O. The number of nitrogens with one attached hydrogen (secondary N) is 2. The van der Waals surface area contributed by atoms with Crippen LogP contribution in [0.4, 0.5) is 0 Å². The molecule has 1 amide bonds. The van der Waals surface area contributed by atoms with Gasteiger partial charge in [-0.25, -0.2) is 0 Å². The van der Waals surface area contributed by atoms with Gasteiger partial charge in [-0.3, -0.25) is 4.79 Å². The van der Waals surface area contributed by atoms with Crippen molar-refractivity contribution in [1.82, 2.24) is 10.6 Å². The van der Waals surface area contributed by atoms with Crippen LogP contribution in [0.2, 0.25) is 0 Å². The number of benzene rings is 1. The predicted octanol–water partition coefficient (Wildman–Crippen LogP) is 2.64. The summed E-state index contributed by atoms with van der Waals surface area (Å²) in [5.41, 5.74) is 2.80. The molecule has 116 valence electrons. The highest BCUT2D eigenvalue weighted by Gasteiger charge is 2.35. The van der Waals surface area contributed by atoms with Crippen LogP contribution in [-0.4, -0.2) is 25.0 Å². The third-order valence-electron chi connectivity index (χ3n) is 4.98. The van der Waals surface area contributed by atoms with E-state index in [0.717, 1.165) is 19.5 Å². The lowest BCUT2D eigenvalue weighted by molar-refractivity contribution is -0.123. The zero-order valence-electron chi connectivity index (χ0n) is 12.8. The Morgan fingerprint density at radius 1 is 1.38 bits per heavy atom. The van der Waals surface area contributed by atoms with Crippen LogP contribution in [0.25, 0.3) is 0 Å². The second-order valence-electron chi connectivity index (χ2n) is 6.80. The van der Waals surface area contributed by atoms with Gasteiger partial charge in [0.25, 0.3) is 0 Å². The first-order valence-electron chi connectivity index (χ1n) is 7.67. The molecule has 1 fully saturated rings. The Balaban J connectivity index is 0.00000161. The van der Waals surface area contributed by atoms with Crippen LogP contribution in [0, 0.1) is 5.41 Å². The summed E-state index contributed by atoms with van der Waals surface area (Å²) in [4.78, 5) is 12.3. The van der Waals surface area contributed by atoms with Crippen LogP contribution in [0.1, 0.15) is 43.7 Å². The average Bonchev–Trinajstić information content (AvgIpc) is 2.38. The SMILES string of the molecule is CC1(C)CCCNC1CNC(=O)C1Cc2ccccc21.Cl. The summed E-state index contributed by atoms with van der Waals surface area (Å²) >= 11 is 0. The Kier molecular flexibility index (Phi) is 4.95. The summed E-state index contributed by atoms with van der Waals surface area (Å²) < 4.78 is 0. The molecule has 1 aromatic carbocycles. The van der Waals surface area contributed by atoms with E-state index in [1.165, 1.54) is 24.0 Å². The van der Waals surface area contributed by atoms with Gasteiger partial charge >= 0.3 is 0 Å². The monoisotopic (exact) mass is 308 g/mol. The Morgan fingerprint density at radius 2 is 2.14 bits per heavy atom. The van der Waals surface area contributed by atoms with Crippen molar-refractivity contribution in [2.75, 3.05) is 13.1 Å². The second kappa shape index (κ2) is 6.37. The predicted molar refractivity (Wildman–Crippen MR) is 88.0 cm³/mol. The van der Waals surface area contributed by atoms with Gasteiger partial charge in [0, 0.05) is 12.6 Å². The molecule has 1 aliphatic heterocycles. The van der Waals surface area contributed by atoms with Crippen molar-refractivity contribution in [2.24, 2.45) is 5.41 Å². The molecule has 2 N–H and O–H groups in total. The van der Waals surface area contributed by atoms with Crippen molar-refractivity contribution in [3.8, 4) is 0 Å². The van der Waals surface area contributed by atoms with Gasteiger partial charge in [-0.15, -0.1) is 12.4 Å². The number of hydrogen-bond acceptors (Lipinski definition) is 2. The fourth-order valence-corrected chi connectivity index (χ4v) is 3.44. The lowest BCUT2D eigenvalue weighted by Gasteiger charge is -2.40. The minimum Gasteiger partial charge on any atom is -0.354 e. The average molecular weight is 309 g/mol. The molecule has 0 saturated carbocycles. The highest BCUT2D eigenvalue weighted by atomic mass is 35.5. The largest absolute Gasteiger partial charge is 0.354 e. The maximum Gasteiger partial charge on any atom is 0.227 e. The minimum absolute atomic E-state index is 0. The zero-order valence-corrected chi connectivity index (χ0v) is 13.6. The summed E-state index contributed by atoms with van der Waals surface area (Å²) in [7, 11) is 0. The van der Waals surface area contributed by atoms with Gasteiger partial charge in [0.05, 0.1) is 5.92 Å². The van der Waals surface area contributed by atoms with Crippen LogP contribution in [0.5, 0.6) is 0 Å². The van der Waals surface area contributed by atoms with Crippen LogP contribution < -0.4 is 10.6 Å². The molecule has 3 rings (SSSR count). The quantitative estimate of drug-likeness (QED) is 0.901. The highest BCUT2D eigenvalue weighted by Crippen LogP contribution is 2.35. The Bertz CT molecular complexity index is 515. The summed E-state index contributed by atoms with van der Waals surface area (Å²) in [5.74, 6) is 0.254. The van der Waals surface area contributed by atoms with Crippen molar-refractivity contribution in [3.05, 3.63) is 35.4 Å². The third-order valence-corrected chi connectivity index (χ3v) is 4.98. The van der Waals surface area contributed by atoms with Gasteiger partial charge in [0.2, 0.25) is 5.91 Å². The second-order valence-corrected chi connectivity index (χ2v) is 6.80. The van der Waals surface area contributed by atoms with E-state index < -0.39 is 0 Å². The molecular weight excluding hydrogens is 284 g/mol. The summed E-state index contributed by atoms with van der Waals surface area (Å²) in [6.45, 7) is 6.38. The minimum atomic E-state index is 0. The number of halogens is 1. The maximum absolute atomic E-state index is 12.3.